The number of H-pyrrole nitrogens is 1. The molecule has 158 valence electrons. The lowest BCUT2D eigenvalue weighted by Crippen LogP contribution is -2.35. The van der Waals surface area contributed by atoms with Crippen LogP contribution in [0.25, 0.3) is 27.7 Å². The summed E-state index contributed by atoms with van der Waals surface area (Å²) in [6.07, 6.45) is 11.8. The number of likely N-dealkylation sites (tertiary alicyclic amines) is 1. The highest BCUT2D eigenvalue weighted by atomic mass is 15.2. The molecule has 5 rings (SSSR count). The highest BCUT2D eigenvalue weighted by molar-refractivity contribution is 5.92. The second-order valence-corrected chi connectivity index (χ2v) is 9.08. The summed E-state index contributed by atoms with van der Waals surface area (Å²) >= 11 is 0. The summed E-state index contributed by atoms with van der Waals surface area (Å²) in [5, 5.41) is 16.8. The van der Waals surface area contributed by atoms with Crippen LogP contribution < -0.4 is 5.32 Å². The fourth-order valence-corrected chi connectivity index (χ4v) is 5.13. The third kappa shape index (κ3) is 4.01. The van der Waals surface area contributed by atoms with Gasteiger partial charge in [-0.25, -0.2) is 0 Å². The van der Waals surface area contributed by atoms with Crippen molar-refractivity contribution in [3.8, 4) is 11.1 Å². The van der Waals surface area contributed by atoms with Crippen molar-refractivity contribution in [2.45, 2.75) is 44.6 Å². The van der Waals surface area contributed by atoms with E-state index >= 15 is 0 Å². The lowest BCUT2D eigenvalue weighted by atomic mass is 9.85. The van der Waals surface area contributed by atoms with Crippen LogP contribution in [-0.2, 0) is 7.05 Å². The van der Waals surface area contributed by atoms with Crippen molar-refractivity contribution in [1.29, 1.82) is 0 Å². The molecule has 0 spiro atoms. The van der Waals surface area contributed by atoms with Gasteiger partial charge in [-0.2, -0.15) is 10.2 Å². The van der Waals surface area contributed by atoms with Gasteiger partial charge in [-0.15, -0.1) is 0 Å². The first-order chi connectivity index (χ1) is 14.7. The van der Waals surface area contributed by atoms with Crippen molar-refractivity contribution >= 4 is 16.6 Å². The van der Waals surface area contributed by atoms with Crippen LogP contribution in [-0.4, -0.2) is 50.6 Å². The largest absolute Gasteiger partial charge is 0.381 e. The van der Waals surface area contributed by atoms with Crippen LogP contribution in [0.2, 0.25) is 0 Å². The number of rotatable bonds is 6. The van der Waals surface area contributed by atoms with Gasteiger partial charge in [0.25, 0.3) is 0 Å². The van der Waals surface area contributed by atoms with E-state index in [1.165, 1.54) is 58.2 Å². The van der Waals surface area contributed by atoms with E-state index in [4.69, 9.17) is 0 Å². The lowest BCUT2D eigenvalue weighted by Gasteiger charge is -2.32. The van der Waals surface area contributed by atoms with E-state index in [0.717, 1.165) is 39.3 Å². The van der Waals surface area contributed by atoms with E-state index in [9.17, 15) is 0 Å². The Bertz CT molecular complexity index is 1020. The second-order valence-electron chi connectivity index (χ2n) is 9.08. The Morgan fingerprint density at radius 3 is 2.70 bits per heavy atom. The molecule has 0 bridgehead atoms. The van der Waals surface area contributed by atoms with Gasteiger partial charge in [0, 0.05) is 36.8 Å². The highest BCUT2D eigenvalue weighted by Gasteiger charge is 2.25. The third-order valence-corrected chi connectivity index (χ3v) is 6.83. The van der Waals surface area contributed by atoms with Crippen LogP contribution in [0.1, 0.15) is 44.2 Å². The average Bonchev–Trinajstić information content (AvgIpc) is 3.50. The van der Waals surface area contributed by atoms with Crippen molar-refractivity contribution in [2.24, 2.45) is 13.0 Å². The fourth-order valence-electron chi connectivity index (χ4n) is 5.13. The number of aromatic nitrogens is 4. The molecule has 3 heterocycles. The van der Waals surface area contributed by atoms with E-state index < -0.39 is 0 Å². The van der Waals surface area contributed by atoms with Crippen LogP contribution in [0.4, 0.5) is 0 Å². The van der Waals surface area contributed by atoms with Crippen LogP contribution >= 0.6 is 0 Å². The molecule has 1 aliphatic heterocycles. The summed E-state index contributed by atoms with van der Waals surface area (Å²) in [6.45, 7) is 8.25. The topological polar surface area (TPSA) is 61.8 Å². The predicted molar refractivity (Wildman–Crippen MR) is 122 cm³/mol. The molecule has 30 heavy (non-hydrogen) atoms. The molecule has 0 amide bonds. The summed E-state index contributed by atoms with van der Waals surface area (Å²) < 4.78 is 1.83. The zero-order valence-electron chi connectivity index (χ0n) is 17.9. The van der Waals surface area contributed by atoms with Gasteiger partial charge in [0.15, 0.2) is 0 Å². The van der Waals surface area contributed by atoms with Gasteiger partial charge in [0.1, 0.15) is 5.69 Å². The molecular weight excluding hydrogens is 372 g/mol. The van der Waals surface area contributed by atoms with Gasteiger partial charge in [-0.05, 0) is 75.2 Å². The van der Waals surface area contributed by atoms with E-state index in [2.05, 4.69) is 50.3 Å². The third-order valence-electron chi connectivity index (χ3n) is 6.83. The Morgan fingerprint density at radius 2 is 1.97 bits per heavy atom. The van der Waals surface area contributed by atoms with E-state index in [1.807, 2.05) is 24.1 Å². The number of aromatic amines is 1. The van der Waals surface area contributed by atoms with E-state index in [1.54, 1.807) is 0 Å². The van der Waals surface area contributed by atoms with Gasteiger partial charge in [-0.1, -0.05) is 12.6 Å². The van der Waals surface area contributed by atoms with Gasteiger partial charge >= 0.3 is 0 Å². The van der Waals surface area contributed by atoms with Crippen molar-refractivity contribution in [2.75, 3.05) is 19.6 Å². The highest BCUT2D eigenvalue weighted by Crippen LogP contribution is 2.30. The standard InChI is InChI=1S/C24H32N6/c1-17(26-21-8-5-18(6-9-21)15-30-11-3-4-12-30)24-22-13-19(7-10-23(22)27-28-24)20-14-25-29(2)16-20/h7,10,13-14,16,18,21,26H,1,3-6,8-9,11-12,15H2,2H3,(H,27,28). The summed E-state index contributed by atoms with van der Waals surface area (Å²) in [4.78, 5) is 2.66. The van der Waals surface area contributed by atoms with Gasteiger partial charge in [0.2, 0.25) is 0 Å². The lowest BCUT2D eigenvalue weighted by molar-refractivity contribution is 0.219. The first-order valence-electron chi connectivity index (χ1n) is 11.3. The number of fused-ring (bicyclic) bond motifs is 1. The van der Waals surface area contributed by atoms with Crippen LogP contribution in [0, 0.1) is 5.92 Å². The average molecular weight is 405 g/mol. The summed E-state index contributed by atoms with van der Waals surface area (Å²) in [7, 11) is 1.94. The minimum Gasteiger partial charge on any atom is -0.381 e. The predicted octanol–water partition coefficient (Wildman–Crippen LogP) is 4.18. The zero-order valence-corrected chi connectivity index (χ0v) is 17.9. The maximum atomic E-state index is 4.57. The number of aryl methyl sites for hydroxylation is 1. The van der Waals surface area contributed by atoms with Crippen LogP contribution in [0.3, 0.4) is 0 Å². The molecule has 0 radical (unpaired) electrons. The summed E-state index contributed by atoms with van der Waals surface area (Å²) in [6, 6.07) is 6.88. The molecule has 1 saturated carbocycles. The minimum absolute atomic E-state index is 0.501. The molecule has 2 aliphatic rings. The molecule has 1 saturated heterocycles. The molecule has 2 fully saturated rings. The Labute approximate surface area is 178 Å². The van der Waals surface area contributed by atoms with Gasteiger partial charge in [0.05, 0.1) is 17.4 Å². The summed E-state index contributed by atoms with van der Waals surface area (Å²) in [5.74, 6) is 0.864. The molecule has 0 unspecified atom stereocenters. The Morgan fingerprint density at radius 1 is 1.17 bits per heavy atom. The van der Waals surface area contributed by atoms with Crippen molar-refractivity contribution in [3.05, 3.63) is 42.9 Å². The molecule has 2 N–H and O–H groups in total. The van der Waals surface area contributed by atoms with Crippen molar-refractivity contribution in [1.82, 2.24) is 30.2 Å². The first kappa shape index (κ1) is 19.4. The molecular formula is C24H32N6. The zero-order chi connectivity index (χ0) is 20.5. The molecule has 6 heteroatoms. The van der Waals surface area contributed by atoms with Crippen LogP contribution in [0.15, 0.2) is 37.2 Å². The first-order valence-corrected chi connectivity index (χ1v) is 11.3. The molecule has 3 aromatic rings. The minimum atomic E-state index is 0.501. The molecule has 0 atom stereocenters. The van der Waals surface area contributed by atoms with E-state index in [0.29, 0.717) is 6.04 Å². The summed E-state index contributed by atoms with van der Waals surface area (Å²) in [5.41, 5.74) is 5.15. The van der Waals surface area contributed by atoms with Crippen molar-refractivity contribution < 1.29 is 0 Å². The molecule has 1 aliphatic carbocycles. The maximum Gasteiger partial charge on any atom is 0.115 e. The number of nitrogens with zero attached hydrogens (tertiary/aromatic N) is 4. The quantitative estimate of drug-likeness (QED) is 0.647. The van der Waals surface area contributed by atoms with Crippen LogP contribution in [0.5, 0.6) is 0 Å². The normalized spacial score (nSPS) is 22.6. The number of hydrogen-bond acceptors (Lipinski definition) is 4. The fraction of sp³-hybridized carbons (Fsp3) is 0.500. The molecule has 2 aromatic heterocycles. The Balaban J connectivity index is 1.24. The van der Waals surface area contributed by atoms with Gasteiger partial charge in [-0.3, -0.25) is 9.78 Å². The van der Waals surface area contributed by atoms with Gasteiger partial charge < -0.3 is 10.2 Å². The number of nitrogens with one attached hydrogen (secondary N) is 2. The molecule has 6 nitrogen and oxygen atoms in total. The Hall–Kier alpha value is -2.60. The number of benzene rings is 1. The van der Waals surface area contributed by atoms with Crippen molar-refractivity contribution in [3.63, 3.8) is 0 Å². The molecule has 1 aromatic carbocycles. The van der Waals surface area contributed by atoms with E-state index in [-0.39, 0.29) is 0 Å². The second kappa shape index (κ2) is 8.26. The smallest absolute Gasteiger partial charge is 0.115 e. The number of hydrogen-bond donors (Lipinski definition) is 2. The maximum absolute atomic E-state index is 4.57. The SMILES string of the molecule is C=C(NC1CCC(CN2CCCC2)CC1)c1n[nH]c2ccc(-c3cnn(C)c3)cc12. The Kier molecular flexibility index (Phi) is 5.34. The monoisotopic (exact) mass is 404 g/mol.